The van der Waals surface area contributed by atoms with E-state index in [4.69, 9.17) is 9.78 Å². The predicted octanol–water partition coefficient (Wildman–Crippen LogP) is 3.23. The molecule has 1 aromatic heterocycles. The van der Waals surface area contributed by atoms with Crippen molar-refractivity contribution in [2.75, 3.05) is 0 Å². The minimum Gasteiger partial charge on any atom is -0.345 e. The summed E-state index contributed by atoms with van der Waals surface area (Å²) < 4.78 is 38.4. The highest BCUT2D eigenvalue weighted by Gasteiger charge is 2.40. The lowest BCUT2D eigenvalue weighted by Gasteiger charge is -2.39. The Labute approximate surface area is 174 Å². The molecule has 4 unspecified atom stereocenters. The maximum atomic E-state index is 12.8. The fourth-order valence-electron chi connectivity index (χ4n) is 3.95. The summed E-state index contributed by atoms with van der Waals surface area (Å²) in [4.78, 5) is 36.8. The summed E-state index contributed by atoms with van der Waals surface area (Å²) in [5.41, 5.74) is -1.95. The van der Waals surface area contributed by atoms with E-state index in [-0.39, 0.29) is 12.0 Å². The minimum atomic E-state index is -4.72. The van der Waals surface area contributed by atoms with Gasteiger partial charge < -0.3 is 10.3 Å². The van der Waals surface area contributed by atoms with E-state index in [0.717, 1.165) is 11.6 Å². The van der Waals surface area contributed by atoms with Gasteiger partial charge in [0.2, 0.25) is 0 Å². The Hall–Kier alpha value is -2.73. The van der Waals surface area contributed by atoms with Crippen molar-refractivity contribution in [1.82, 2.24) is 10.3 Å². The Morgan fingerprint density at radius 2 is 1.74 bits per heavy atom. The average Bonchev–Trinajstić information content (AvgIpc) is 2.77. The van der Waals surface area contributed by atoms with Gasteiger partial charge in [-0.15, -0.1) is 0 Å². The Balaban J connectivity index is 1.57. The van der Waals surface area contributed by atoms with Crippen molar-refractivity contribution >= 4 is 5.91 Å². The highest BCUT2D eigenvalue weighted by Crippen LogP contribution is 2.38. The van der Waals surface area contributed by atoms with Crippen molar-refractivity contribution < 1.29 is 37.8 Å². The van der Waals surface area contributed by atoms with Crippen LogP contribution in [-0.2, 0) is 26.0 Å². The first kappa shape index (κ1) is 21.5. The fourth-order valence-corrected chi connectivity index (χ4v) is 3.95. The number of aromatic amines is 1. The van der Waals surface area contributed by atoms with Crippen LogP contribution in [-0.4, -0.2) is 23.1 Å². The summed E-state index contributed by atoms with van der Waals surface area (Å²) in [7, 11) is 0. The number of pyridine rings is 1. The lowest BCUT2D eigenvalue weighted by atomic mass is 9.78. The molecule has 4 rings (SSSR count). The van der Waals surface area contributed by atoms with Crippen LogP contribution in [0.5, 0.6) is 0 Å². The lowest BCUT2D eigenvalue weighted by molar-refractivity contribution is -0.690. The molecule has 1 aliphatic carbocycles. The Morgan fingerprint density at radius 1 is 1.03 bits per heavy atom. The number of amides is 1. The van der Waals surface area contributed by atoms with Crippen LogP contribution in [0, 0.1) is 5.92 Å². The molecule has 8 nitrogen and oxygen atoms in total. The van der Waals surface area contributed by atoms with Gasteiger partial charge in [0.05, 0.1) is 6.04 Å². The van der Waals surface area contributed by atoms with E-state index >= 15 is 0 Å². The van der Waals surface area contributed by atoms with Crippen LogP contribution in [0.15, 0.2) is 47.3 Å². The van der Waals surface area contributed by atoms with Gasteiger partial charge in [-0.2, -0.15) is 22.9 Å². The molecule has 2 fully saturated rings. The molecule has 11 heteroatoms. The monoisotopic (exact) mass is 440 g/mol. The molecule has 0 bridgehead atoms. The number of carbonyl (C=O) groups is 1. The molecule has 0 spiro atoms. The second-order valence-electron chi connectivity index (χ2n) is 7.45. The summed E-state index contributed by atoms with van der Waals surface area (Å²) in [5.74, 6) is -0.877. The van der Waals surface area contributed by atoms with Crippen LogP contribution in [0.25, 0.3) is 0 Å². The lowest BCUT2D eigenvalue weighted by Crippen LogP contribution is -2.45. The van der Waals surface area contributed by atoms with Gasteiger partial charge >= 0.3 is 6.18 Å². The van der Waals surface area contributed by atoms with Gasteiger partial charge in [0.25, 0.3) is 11.5 Å². The molecule has 2 aliphatic rings. The second-order valence-corrected chi connectivity index (χ2v) is 7.45. The average molecular weight is 440 g/mol. The maximum Gasteiger partial charge on any atom is 0.431 e. The van der Waals surface area contributed by atoms with Crippen molar-refractivity contribution in [3.05, 3.63) is 69.6 Å². The molecule has 1 saturated heterocycles. The first-order valence-corrected chi connectivity index (χ1v) is 9.64. The predicted molar refractivity (Wildman–Crippen MR) is 98.0 cm³/mol. The van der Waals surface area contributed by atoms with Gasteiger partial charge in [-0.1, -0.05) is 30.3 Å². The van der Waals surface area contributed by atoms with Crippen molar-refractivity contribution in [2.24, 2.45) is 5.92 Å². The Morgan fingerprint density at radius 3 is 2.42 bits per heavy atom. The van der Waals surface area contributed by atoms with Crippen LogP contribution < -0.4 is 10.9 Å². The topological polar surface area (TPSA) is 98.9 Å². The van der Waals surface area contributed by atoms with Crippen molar-refractivity contribution in [3.63, 3.8) is 0 Å². The number of fused-ring (bicyclic) bond motifs is 1. The third-order valence-corrected chi connectivity index (χ3v) is 5.50. The zero-order valence-electron chi connectivity index (χ0n) is 16.1. The molecule has 2 N–H and O–H groups in total. The summed E-state index contributed by atoms with van der Waals surface area (Å²) in [6.07, 6.45) is -3.74. The van der Waals surface area contributed by atoms with E-state index < -0.39 is 41.0 Å². The van der Waals surface area contributed by atoms with Gasteiger partial charge in [0.1, 0.15) is 23.5 Å². The molecule has 1 amide bonds. The van der Waals surface area contributed by atoms with E-state index in [1.165, 1.54) is 0 Å². The zero-order valence-corrected chi connectivity index (χ0v) is 16.1. The van der Waals surface area contributed by atoms with Gasteiger partial charge in [-0.25, -0.2) is 0 Å². The molecule has 4 atom stereocenters. The van der Waals surface area contributed by atoms with Crippen LogP contribution in [0.1, 0.15) is 46.9 Å². The largest absolute Gasteiger partial charge is 0.431 e. The van der Waals surface area contributed by atoms with Gasteiger partial charge in [0.15, 0.2) is 0 Å². The molecular weight excluding hydrogens is 421 g/mol. The molecule has 166 valence electrons. The van der Waals surface area contributed by atoms with Crippen LogP contribution in [0.4, 0.5) is 13.2 Å². The molecular formula is C20H19F3N2O6. The number of nitrogens with one attached hydrogen (secondary N) is 2. The molecule has 1 aromatic carbocycles. The van der Waals surface area contributed by atoms with E-state index in [1.807, 2.05) is 30.3 Å². The highest BCUT2D eigenvalue weighted by molar-refractivity contribution is 5.94. The molecule has 2 heterocycles. The van der Waals surface area contributed by atoms with Crippen LogP contribution in [0.3, 0.4) is 0 Å². The summed E-state index contributed by atoms with van der Waals surface area (Å²) in [6, 6.07) is 10.1. The van der Waals surface area contributed by atoms with Crippen molar-refractivity contribution in [2.45, 2.75) is 43.7 Å². The van der Waals surface area contributed by atoms with E-state index in [0.29, 0.717) is 25.3 Å². The third-order valence-electron chi connectivity index (χ3n) is 5.50. The number of alkyl halides is 3. The van der Waals surface area contributed by atoms with Crippen molar-refractivity contribution in [3.8, 4) is 0 Å². The number of aromatic nitrogens is 1. The molecule has 1 aliphatic heterocycles. The summed E-state index contributed by atoms with van der Waals surface area (Å²) in [5, 5.41) is 11.6. The quantitative estimate of drug-likeness (QED) is 0.709. The normalized spacial score (nSPS) is 24.8. The fraction of sp³-hybridized carbons (Fsp3) is 0.400. The Bertz CT molecular complexity index is 981. The number of carbonyl (C=O) groups excluding carboxylic acids is 1. The number of hydrogen-bond acceptors (Lipinski definition) is 6. The number of benzene rings is 1. The van der Waals surface area contributed by atoms with E-state index in [2.05, 4.69) is 15.4 Å². The SMILES string of the molecule is O=C(NC(c1ccccc1)C1CCC2OOOOC2C1)c1ccc(C(F)(F)F)[nH]c1=O. The maximum absolute atomic E-state index is 12.8. The summed E-state index contributed by atoms with van der Waals surface area (Å²) >= 11 is 0. The van der Waals surface area contributed by atoms with E-state index in [9.17, 15) is 22.8 Å². The number of H-pyrrole nitrogens is 1. The highest BCUT2D eigenvalue weighted by atomic mass is 19.4. The number of rotatable bonds is 4. The van der Waals surface area contributed by atoms with Gasteiger partial charge in [0, 0.05) is 0 Å². The molecule has 2 aromatic rings. The van der Waals surface area contributed by atoms with Gasteiger partial charge in [-0.05, 0) is 53.0 Å². The first-order chi connectivity index (χ1) is 14.8. The molecule has 0 radical (unpaired) electrons. The zero-order chi connectivity index (χ0) is 22.0. The van der Waals surface area contributed by atoms with Crippen LogP contribution in [0.2, 0.25) is 0 Å². The standard InChI is InChI=1S/C20H19F3N2O6/c21-20(22,23)16-9-7-13(18(26)24-16)19(27)25-17(11-4-2-1-3-5-11)12-6-8-14-15(10-12)29-31-30-28-14/h1-5,7,9,12,14-15,17H,6,8,10H2,(H,24,26)(H,25,27). The first-order valence-electron chi connectivity index (χ1n) is 9.64. The summed E-state index contributed by atoms with van der Waals surface area (Å²) in [6.45, 7) is 0. The van der Waals surface area contributed by atoms with Crippen molar-refractivity contribution in [1.29, 1.82) is 0 Å². The third kappa shape index (κ3) is 4.79. The van der Waals surface area contributed by atoms with Crippen LogP contribution >= 0.6 is 0 Å². The van der Waals surface area contributed by atoms with Gasteiger partial charge in [-0.3, -0.25) is 9.59 Å². The molecule has 31 heavy (non-hydrogen) atoms. The van der Waals surface area contributed by atoms with E-state index in [1.54, 1.807) is 4.98 Å². The number of halogens is 3. The number of hydrogen-bond donors (Lipinski definition) is 2. The minimum absolute atomic E-state index is 0.105. The second kappa shape index (κ2) is 8.79. The Kier molecular flexibility index (Phi) is 6.10. The molecule has 1 saturated carbocycles. The smallest absolute Gasteiger partial charge is 0.345 e.